The molecule has 0 saturated carbocycles. The number of nitrogens with two attached hydrogens (primary N) is 1. The third kappa shape index (κ3) is 4.54. The average Bonchev–Trinajstić information content (AvgIpc) is 3.19. The molecule has 8 nitrogen and oxygen atoms in total. The fourth-order valence-electron chi connectivity index (χ4n) is 3.23. The van der Waals surface area contributed by atoms with Gasteiger partial charge in [0, 0.05) is 11.8 Å². The zero-order valence-corrected chi connectivity index (χ0v) is 18.7. The molecule has 0 fully saturated rings. The summed E-state index contributed by atoms with van der Waals surface area (Å²) in [4.78, 5) is 31.6. The lowest BCUT2D eigenvalue weighted by molar-refractivity contribution is -0.143. The normalized spacial score (nSPS) is 17.0. The minimum Gasteiger partial charge on any atom is -0.465 e. The second-order valence-corrected chi connectivity index (χ2v) is 8.32. The Morgan fingerprint density at radius 3 is 2.93 bits per heavy atom. The molecule has 0 saturated heterocycles. The van der Waals surface area contributed by atoms with Gasteiger partial charge in [-0.25, -0.2) is 20.8 Å². The van der Waals surface area contributed by atoms with Crippen molar-refractivity contribution in [1.82, 2.24) is 15.0 Å². The Morgan fingerprint density at radius 2 is 2.24 bits per heavy atom. The van der Waals surface area contributed by atoms with E-state index in [4.69, 9.17) is 10.6 Å². The van der Waals surface area contributed by atoms with Crippen LogP contribution in [0.5, 0.6) is 0 Å². The van der Waals surface area contributed by atoms with E-state index in [-0.39, 0.29) is 17.4 Å². The molecule has 3 heterocycles. The number of thiazole rings is 1. The number of rotatable bonds is 8. The van der Waals surface area contributed by atoms with Crippen molar-refractivity contribution < 1.29 is 9.53 Å². The predicted octanol–water partition coefficient (Wildman–Crippen LogP) is 3.34. The zero-order valence-electron chi connectivity index (χ0n) is 16.3. The van der Waals surface area contributed by atoms with Crippen LogP contribution in [-0.2, 0) is 16.0 Å². The van der Waals surface area contributed by atoms with Gasteiger partial charge in [-0.1, -0.05) is 35.4 Å². The lowest BCUT2D eigenvalue weighted by atomic mass is 9.93. The Kier molecular flexibility index (Phi) is 7.45. The Labute approximate surface area is 181 Å². The predicted molar refractivity (Wildman–Crippen MR) is 117 cm³/mol. The number of nitrogens with one attached hydrogen (secondary N) is 1. The molecule has 0 amide bonds. The number of esters is 1. The number of hydrazine groups is 1. The van der Waals surface area contributed by atoms with E-state index in [1.54, 1.807) is 18.6 Å². The van der Waals surface area contributed by atoms with Gasteiger partial charge in [0.15, 0.2) is 0 Å². The molecular weight excluding hydrogens is 456 g/mol. The number of carbonyl (C=O) groups is 1. The van der Waals surface area contributed by atoms with Gasteiger partial charge in [0.2, 0.25) is 0 Å². The van der Waals surface area contributed by atoms with Crippen LogP contribution in [0.1, 0.15) is 54.4 Å². The van der Waals surface area contributed by atoms with Crippen molar-refractivity contribution in [3.63, 3.8) is 0 Å². The number of halogens is 1. The number of ether oxygens (including phenoxy) is 1. The summed E-state index contributed by atoms with van der Waals surface area (Å²) in [6, 6.07) is 0. The average molecular weight is 479 g/mol. The number of anilines is 1. The maximum atomic E-state index is 13.1. The molecule has 1 aliphatic rings. The molecule has 1 aliphatic heterocycles. The SMILES string of the molecule is CCCc1c(NN)ncnc1C(C(=O)OCC)c1scnc1C1=NC=CCC1Br. The van der Waals surface area contributed by atoms with Crippen molar-refractivity contribution >= 4 is 44.8 Å². The monoisotopic (exact) mass is 478 g/mol. The van der Waals surface area contributed by atoms with Crippen molar-refractivity contribution in [2.24, 2.45) is 10.8 Å². The number of carbonyl (C=O) groups excluding carboxylic acids is 1. The molecule has 0 aromatic carbocycles. The first-order valence-corrected chi connectivity index (χ1v) is 11.2. The fraction of sp³-hybridized carbons (Fsp3) is 0.421. The largest absolute Gasteiger partial charge is 0.465 e. The highest BCUT2D eigenvalue weighted by atomic mass is 79.9. The van der Waals surface area contributed by atoms with Gasteiger partial charge >= 0.3 is 5.97 Å². The lowest BCUT2D eigenvalue weighted by Gasteiger charge is -2.21. The molecule has 0 aliphatic carbocycles. The number of aliphatic imine (C=N–C) groups is 1. The number of hydrogen-bond donors (Lipinski definition) is 2. The van der Waals surface area contributed by atoms with Crippen LogP contribution in [0.2, 0.25) is 0 Å². The Bertz CT molecular complexity index is 929. The zero-order chi connectivity index (χ0) is 20.8. The van der Waals surface area contributed by atoms with Gasteiger partial charge in [-0.05, 0) is 19.8 Å². The van der Waals surface area contributed by atoms with Gasteiger partial charge in [-0.2, -0.15) is 0 Å². The van der Waals surface area contributed by atoms with Gasteiger partial charge in [0.05, 0.1) is 33.2 Å². The lowest BCUT2D eigenvalue weighted by Crippen LogP contribution is -2.25. The van der Waals surface area contributed by atoms with Gasteiger partial charge in [0.1, 0.15) is 23.8 Å². The van der Waals surface area contributed by atoms with Crippen molar-refractivity contribution in [2.75, 3.05) is 12.0 Å². The van der Waals surface area contributed by atoms with Gasteiger partial charge < -0.3 is 10.2 Å². The van der Waals surface area contributed by atoms with E-state index in [9.17, 15) is 4.79 Å². The molecular formula is C19H23BrN6O2S. The summed E-state index contributed by atoms with van der Waals surface area (Å²) in [5, 5.41) is 0. The summed E-state index contributed by atoms with van der Waals surface area (Å²) < 4.78 is 5.42. The van der Waals surface area contributed by atoms with E-state index in [0.717, 1.165) is 29.0 Å². The van der Waals surface area contributed by atoms with E-state index in [1.165, 1.54) is 17.7 Å². The maximum Gasteiger partial charge on any atom is 0.320 e. The third-order valence-corrected chi connectivity index (χ3v) is 6.17. The fourth-order valence-corrected chi connectivity index (χ4v) is 4.67. The van der Waals surface area contributed by atoms with Gasteiger partial charge in [0.25, 0.3) is 0 Å². The van der Waals surface area contributed by atoms with E-state index in [1.807, 2.05) is 13.0 Å². The van der Waals surface area contributed by atoms with Crippen LogP contribution in [-0.4, -0.2) is 38.1 Å². The minimum absolute atomic E-state index is 0.0259. The number of nitrogens with zero attached hydrogens (tertiary/aromatic N) is 4. The highest BCUT2D eigenvalue weighted by Gasteiger charge is 2.35. The Morgan fingerprint density at radius 1 is 1.41 bits per heavy atom. The molecule has 0 bridgehead atoms. The highest BCUT2D eigenvalue weighted by Crippen LogP contribution is 2.36. The molecule has 2 aromatic heterocycles. The molecule has 10 heteroatoms. The molecule has 2 aromatic rings. The number of hydrogen-bond acceptors (Lipinski definition) is 9. The summed E-state index contributed by atoms with van der Waals surface area (Å²) in [6.07, 6.45) is 7.48. The van der Waals surface area contributed by atoms with E-state index in [0.29, 0.717) is 23.6 Å². The van der Waals surface area contributed by atoms with Crippen LogP contribution in [0, 0.1) is 0 Å². The topological polar surface area (TPSA) is 115 Å². The standard InChI is InChI=1S/C19H23BrN6O2S/c1-3-6-11-14(23-9-24-18(11)26-21)13(19(27)28-4-2)17-16(25-10-29-17)15-12(20)7-5-8-22-15/h5,8-10,12-13H,3-4,6-7,21H2,1-2H3,(H,23,24,26). The van der Waals surface area contributed by atoms with Gasteiger partial charge in [-0.3, -0.25) is 9.79 Å². The molecule has 2 unspecified atom stereocenters. The van der Waals surface area contributed by atoms with Crippen molar-refractivity contribution in [2.45, 2.75) is 43.9 Å². The maximum absolute atomic E-state index is 13.1. The molecule has 2 atom stereocenters. The number of aromatic nitrogens is 3. The van der Waals surface area contributed by atoms with Crippen LogP contribution >= 0.6 is 27.3 Å². The van der Waals surface area contributed by atoms with Crippen LogP contribution < -0.4 is 11.3 Å². The van der Waals surface area contributed by atoms with Crippen molar-refractivity contribution in [1.29, 1.82) is 0 Å². The van der Waals surface area contributed by atoms with Crippen LogP contribution in [0.3, 0.4) is 0 Å². The first kappa shape index (κ1) is 21.5. The summed E-state index contributed by atoms with van der Waals surface area (Å²) in [6.45, 7) is 4.10. The van der Waals surface area contributed by atoms with Crippen LogP contribution in [0.15, 0.2) is 29.1 Å². The van der Waals surface area contributed by atoms with Crippen molar-refractivity contribution in [3.05, 3.63) is 45.9 Å². The molecule has 154 valence electrons. The smallest absolute Gasteiger partial charge is 0.320 e. The van der Waals surface area contributed by atoms with E-state index >= 15 is 0 Å². The number of alkyl halides is 1. The Hall–Kier alpha value is -2.17. The summed E-state index contributed by atoms with van der Waals surface area (Å²) in [5.74, 6) is 5.06. The molecule has 3 rings (SSSR count). The summed E-state index contributed by atoms with van der Waals surface area (Å²) >= 11 is 5.05. The van der Waals surface area contributed by atoms with E-state index in [2.05, 4.69) is 41.3 Å². The first-order chi connectivity index (χ1) is 14.1. The quantitative estimate of drug-likeness (QED) is 0.258. The summed E-state index contributed by atoms with van der Waals surface area (Å²) in [5.41, 5.74) is 7.20. The molecule has 0 spiro atoms. The molecule has 0 radical (unpaired) electrons. The first-order valence-electron chi connectivity index (χ1n) is 9.39. The minimum atomic E-state index is -0.734. The third-order valence-electron chi connectivity index (χ3n) is 4.47. The van der Waals surface area contributed by atoms with Gasteiger partial charge in [-0.15, -0.1) is 11.3 Å². The second-order valence-electron chi connectivity index (χ2n) is 6.33. The number of nitrogen functional groups attached to an aromatic ring is 1. The number of allylic oxidation sites excluding steroid dienone is 1. The van der Waals surface area contributed by atoms with Crippen molar-refractivity contribution in [3.8, 4) is 0 Å². The van der Waals surface area contributed by atoms with Crippen LogP contribution in [0.4, 0.5) is 5.82 Å². The summed E-state index contributed by atoms with van der Waals surface area (Å²) in [7, 11) is 0. The molecule has 29 heavy (non-hydrogen) atoms. The molecule has 3 N–H and O–H groups in total. The highest BCUT2D eigenvalue weighted by molar-refractivity contribution is 9.10. The van der Waals surface area contributed by atoms with E-state index < -0.39 is 5.92 Å². The second kappa shape index (κ2) is 10.0. The van der Waals surface area contributed by atoms with Crippen LogP contribution in [0.25, 0.3) is 0 Å². The Balaban J connectivity index is 2.17.